The molecule has 0 aromatic carbocycles. The summed E-state index contributed by atoms with van der Waals surface area (Å²) < 4.78 is 0.556. The number of hydrogen-bond donors (Lipinski definition) is 3. The monoisotopic (exact) mass is 180 g/mol. The van der Waals surface area contributed by atoms with Gasteiger partial charge in [0.15, 0.2) is 0 Å². The summed E-state index contributed by atoms with van der Waals surface area (Å²) in [6.07, 6.45) is 0. The fourth-order valence-electron chi connectivity index (χ4n) is 0.275. The molecule has 1 heterocycles. The third-order valence-electron chi connectivity index (χ3n) is 0.660. The van der Waals surface area contributed by atoms with Crippen molar-refractivity contribution in [2.45, 2.75) is 0 Å². The topological polar surface area (TPSA) is 97.2 Å². The molecule has 0 amide bonds. The summed E-state index contributed by atoms with van der Waals surface area (Å²) in [7, 11) is 0. The molecule has 0 saturated heterocycles. The zero-order valence-electron chi connectivity index (χ0n) is 4.52. The zero-order chi connectivity index (χ0) is 6.15. The molecule has 1 rings (SSSR count). The van der Waals surface area contributed by atoms with E-state index in [1.165, 1.54) is 0 Å². The summed E-state index contributed by atoms with van der Waals surface area (Å²) in [5.74, 6) is 4.89. The normalized spacial score (nSPS) is 8.44. The van der Waals surface area contributed by atoms with E-state index in [0.717, 1.165) is 0 Å². The van der Waals surface area contributed by atoms with Crippen LogP contribution in [0.25, 0.3) is 0 Å². The minimum atomic E-state index is -0.512. The van der Waals surface area contributed by atoms with Crippen LogP contribution in [0.2, 0.25) is 0 Å². The Kier molecular flexibility index (Phi) is 2.39. The Bertz CT molecular complexity index is 179. The summed E-state index contributed by atoms with van der Waals surface area (Å²) in [5, 5.41) is 22.9. The SMILES string of the molecule is Nn1c(O)nnc1O.[Zn]. The number of rotatable bonds is 0. The van der Waals surface area contributed by atoms with E-state index in [9.17, 15) is 0 Å². The Morgan fingerprint density at radius 1 is 1.22 bits per heavy atom. The summed E-state index contributed by atoms with van der Waals surface area (Å²) in [6, 6.07) is -1.02. The van der Waals surface area contributed by atoms with Crippen LogP contribution in [-0.2, 0) is 19.5 Å². The van der Waals surface area contributed by atoms with Crippen LogP contribution in [-0.4, -0.2) is 25.1 Å². The molecule has 0 spiro atoms. The molecule has 0 radical (unpaired) electrons. The van der Waals surface area contributed by atoms with Crippen LogP contribution in [0.4, 0.5) is 0 Å². The van der Waals surface area contributed by atoms with Gasteiger partial charge in [-0.15, -0.1) is 0 Å². The standard InChI is InChI=1S/C2H4N4O2.Zn/c3-6-1(7)4-5-2(6)8;/h3H2,(H,4,7)(H,5,8);. The summed E-state index contributed by atoms with van der Waals surface area (Å²) >= 11 is 0. The van der Waals surface area contributed by atoms with Crippen LogP contribution < -0.4 is 5.84 Å². The Balaban J connectivity index is 0.000000640. The first-order chi connectivity index (χ1) is 3.72. The van der Waals surface area contributed by atoms with Crippen LogP contribution in [0.5, 0.6) is 12.0 Å². The molecule has 46 valence electrons. The fourth-order valence-corrected chi connectivity index (χ4v) is 0.275. The van der Waals surface area contributed by atoms with Crippen molar-refractivity contribution in [1.29, 1.82) is 0 Å². The van der Waals surface area contributed by atoms with E-state index in [-0.39, 0.29) is 19.5 Å². The number of aromatic nitrogens is 3. The van der Waals surface area contributed by atoms with Crippen molar-refractivity contribution >= 4 is 0 Å². The van der Waals surface area contributed by atoms with Crippen molar-refractivity contribution in [3.05, 3.63) is 0 Å². The fraction of sp³-hybridized carbons (Fsp3) is 0. The molecule has 6 nitrogen and oxygen atoms in total. The smallest absolute Gasteiger partial charge is 0.336 e. The third-order valence-corrected chi connectivity index (χ3v) is 0.660. The molecule has 0 aliphatic heterocycles. The number of nitrogen functional groups attached to an aromatic ring is 1. The molecule has 1 aromatic heterocycles. The molecule has 0 aliphatic rings. The molecule has 0 fully saturated rings. The van der Waals surface area contributed by atoms with Gasteiger partial charge in [0.25, 0.3) is 0 Å². The van der Waals surface area contributed by atoms with Gasteiger partial charge in [0.1, 0.15) is 0 Å². The Labute approximate surface area is 63.0 Å². The number of nitrogens with zero attached hydrogens (tertiary/aromatic N) is 3. The second-order valence-corrected chi connectivity index (χ2v) is 1.17. The van der Waals surface area contributed by atoms with E-state index in [0.29, 0.717) is 4.68 Å². The number of hydrogen-bond acceptors (Lipinski definition) is 5. The van der Waals surface area contributed by atoms with Crippen molar-refractivity contribution in [3.63, 3.8) is 0 Å². The van der Waals surface area contributed by atoms with E-state index < -0.39 is 12.0 Å². The molecule has 0 unspecified atom stereocenters. The van der Waals surface area contributed by atoms with Crippen LogP contribution in [0.15, 0.2) is 0 Å². The third kappa shape index (κ3) is 1.29. The van der Waals surface area contributed by atoms with E-state index in [4.69, 9.17) is 16.1 Å². The maximum Gasteiger partial charge on any atom is 0.336 e. The molecule has 0 aliphatic carbocycles. The summed E-state index contributed by atoms with van der Waals surface area (Å²) in [4.78, 5) is 0. The minimum absolute atomic E-state index is 0. The Morgan fingerprint density at radius 3 is 1.67 bits per heavy atom. The molecule has 1 aromatic rings. The molecule has 0 saturated carbocycles. The van der Waals surface area contributed by atoms with E-state index >= 15 is 0 Å². The van der Waals surface area contributed by atoms with Crippen molar-refractivity contribution < 1.29 is 29.7 Å². The number of nitrogens with two attached hydrogens (primary N) is 1. The Morgan fingerprint density at radius 2 is 1.56 bits per heavy atom. The first-order valence-electron chi connectivity index (χ1n) is 1.80. The van der Waals surface area contributed by atoms with Crippen molar-refractivity contribution in [1.82, 2.24) is 14.9 Å². The molecule has 0 atom stereocenters. The second kappa shape index (κ2) is 2.63. The van der Waals surface area contributed by atoms with Crippen LogP contribution in [0.3, 0.4) is 0 Å². The zero-order valence-corrected chi connectivity index (χ0v) is 7.49. The largest absolute Gasteiger partial charge is 0.478 e. The average Bonchev–Trinajstić information content (AvgIpc) is 1.98. The van der Waals surface area contributed by atoms with Crippen molar-refractivity contribution in [2.75, 3.05) is 5.84 Å². The van der Waals surface area contributed by atoms with Crippen LogP contribution in [0, 0.1) is 0 Å². The van der Waals surface area contributed by atoms with Crippen LogP contribution in [0.1, 0.15) is 0 Å². The molecular formula is C2H4N4O2Zn. The summed E-state index contributed by atoms with van der Waals surface area (Å²) in [5.41, 5.74) is 0. The van der Waals surface area contributed by atoms with Gasteiger partial charge < -0.3 is 16.1 Å². The van der Waals surface area contributed by atoms with Gasteiger partial charge in [-0.3, -0.25) is 0 Å². The molecule has 7 heteroatoms. The molecule has 9 heavy (non-hydrogen) atoms. The van der Waals surface area contributed by atoms with E-state index in [1.54, 1.807) is 0 Å². The van der Waals surface area contributed by atoms with Gasteiger partial charge in [0, 0.05) is 19.5 Å². The van der Waals surface area contributed by atoms with Gasteiger partial charge in [-0.25, -0.2) is 0 Å². The first-order valence-corrected chi connectivity index (χ1v) is 1.80. The van der Waals surface area contributed by atoms with Gasteiger partial charge in [-0.2, -0.15) is 4.68 Å². The maximum atomic E-state index is 8.44. The average molecular weight is 181 g/mol. The van der Waals surface area contributed by atoms with Gasteiger partial charge in [0.05, 0.1) is 0 Å². The predicted molar refractivity (Wildman–Crippen MR) is 23.5 cm³/mol. The predicted octanol–water partition coefficient (Wildman–Crippen LogP) is -1.60. The molecular weight excluding hydrogens is 177 g/mol. The van der Waals surface area contributed by atoms with Crippen LogP contribution >= 0.6 is 0 Å². The number of aromatic hydroxyl groups is 2. The minimum Gasteiger partial charge on any atom is -0.478 e. The van der Waals surface area contributed by atoms with Gasteiger partial charge in [-0.05, 0) is 0 Å². The Hall–Kier alpha value is -0.837. The van der Waals surface area contributed by atoms with E-state index in [2.05, 4.69) is 10.2 Å². The van der Waals surface area contributed by atoms with Crippen molar-refractivity contribution in [3.8, 4) is 12.0 Å². The van der Waals surface area contributed by atoms with E-state index in [1.807, 2.05) is 0 Å². The van der Waals surface area contributed by atoms with Gasteiger partial charge in [0.2, 0.25) is 0 Å². The molecule has 4 N–H and O–H groups in total. The quantitative estimate of drug-likeness (QED) is 0.331. The first kappa shape index (κ1) is 8.16. The maximum absolute atomic E-state index is 8.44. The summed E-state index contributed by atoms with van der Waals surface area (Å²) in [6.45, 7) is 0. The van der Waals surface area contributed by atoms with Crippen molar-refractivity contribution in [2.24, 2.45) is 0 Å². The molecule has 0 bridgehead atoms. The van der Waals surface area contributed by atoms with Gasteiger partial charge >= 0.3 is 12.0 Å². The van der Waals surface area contributed by atoms with Gasteiger partial charge in [-0.1, -0.05) is 10.2 Å². The second-order valence-electron chi connectivity index (χ2n) is 1.17.